The van der Waals surface area contributed by atoms with Gasteiger partial charge < -0.3 is 10.1 Å². The van der Waals surface area contributed by atoms with Crippen LogP contribution >= 0.6 is 0 Å². The van der Waals surface area contributed by atoms with Crippen LogP contribution in [0.3, 0.4) is 0 Å². The van der Waals surface area contributed by atoms with Gasteiger partial charge in [-0.15, -0.1) is 28.8 Å². The summed E-state index contributed by atoms with van der Waals surface area (Å²) in [5, 5.41) is 12.2. The molecule has 46 heavy (non-hydrogen) atoms. The Kier molecular flexibility index (Phi) is 9.11. The zero-order valence-corrected chi connectivity index (χ0v) is 29.5. The van der Waals surface area contributed by atoms with Gasteiger partial charge in [-0.05, 0) is 70.8 Å². The number of carbonyl (C=O) groups excluding carboxylic acids is 1. The first kappa shape index (κ1) is 33.6. The molecule has 6 heteroatoms. The molecule has 0 amide bonds. The normalized spacial score (nSPS) is 13.9. The number of nitrogens with zero attached hydrogens (tertiary/aromatic N) is 1. The summed E-state index contributed by atoms with van der Waals surface area (Å²) >= 11 is 0. The summed E-state index contributed by atoms with van der Waals surface area (Å²) in [6.07, 6.45) is 7.11. The third-order valence-electron chi connectivity index (χ3n) is 8.84. The zero-order chi connectivity index (χ0) is 32.3. The maximum Gasteiger partial charge on any atom is 0.164 e. The van der Waals surface area contributed by atoms with Gasteiger partial charge in [0.05, 0.1) is 0 Å². The van der Waals surface area contributed by atoms with Gasteiger partial charge in [0, 0.05) is 54.7 Å². The van der Waals surface area contributed by atoms with E-state index < -0.39 is 17.0 Å². The van der Waals surface area contributed by atoms with Crippen molar-refractivity contribution in [3.63, 3.8) is 0 Å². The molecule has 3 nitrogen and oxygen atoms in total. The van der Waals surface area contributed by atoms with Crippen LogP contribution in [0.2, 0.25) is 0 Å². The Morgan fingerprint density at radius 3 is 2.11 bits per heavy atom. The number of benzene rings is 4. The molecule has 0 unspecified atom stereocenters. The number of aromatic nitrogens is 1. The van der Waals surface area contributed by atoms with E-state index >= 15 is 0 Å². The van der Waals surface area contributed by atoms with Crippen LogP contribution in [-0.4, -0.2) is 15.9 Å². The van der Waals surface area contributed by atoms with Gasteiger partial charge in [0.1, 0.15) is 17.4 Å². The van der Waals surface area contributed by atoms with Crippen LogP contribution in [0.4, 0.5) is 8.78 Å². The van der Waals surface area contributed by atoms with Crippen molar-refractivity contribution in [3.05, 3.63) is 113 Å². The molecule has 1 heterocycles. The molecule has 2 aliphatic rings. The van der Waals surface area contributed by atoms with Crippen molar-refractivity contribution in [1.29, 1.82) is 0 Å². The summed E-state index contributed by atoms with van der Waals surface area (Å²) in [5.74, 6) is -1.01. The third kappa shape index (κ3) is 6.30. The Bertz CT molecular complexity index is 1990. The van der Waals surface area contributed by atoms with Gasteiger partial charge in [0.25, 0.3) is 0 Å². The summed E-state index contributed by atoms with van der Waals surface area (Å²) in [4.78, 5) is 16.2. The molecular weight excluding hydrogens is 757 g/mol. The summed E-state index contributed by atoms with van der Waals surface area (Å²) < 4.78 is 28.4. The van der Waals surface area contributed by atoms with E-state index in [4.69, 9.17) is 4.98 Å². The molecule has 239 valence electrons. The number of rotatable bonds is 2. The van der Waals surface area contributed by atoms with E-state index in [9.17, 15) is 18.7 Å². The van der Waals surface area contributed by atoms with E-state index in [-0.39, 0.29) is 37.1 Å². The molecule has 5 aromatic rings. The number of aliphatic hydroxyl groups is 1. The minimum absolute atomic E-state index is 0. The van der Waals surface area contributed by atoms with Crippen molar-refractivity contribution in [2.45, 2.75) is 67.2 Å². The number of fused-ring (bicyclic) bond motifs is 3. The van der Waals surface area contributed by atoms with Crippen molar-refractivity contribution in [2.24, 2.45) is 10.8 Å². The first-order valence-corrected chi connectivity index (χ1v) is 15.5. The van der Waals surface area contributed by atoms with E-state index in [1.807, 2.05) is 53.7 Å². The van der Waals surface area contributed by atoms with E-state index in [0.29, 0.717) is 10.8 Å². The number of aryl methyl sites for hydroxylation is 4. The second kappa shape index (κ2) is 12.5. The fraction of sp³-hybridized carbons (Fsp3) is 0.300. The number of aliphatic hydroxyl groups excluding tert-OH is 1. The van der Waals surface area contributed by atoms with Crippen LogP contribution in [-0.2, 0) is 50.6 Å². The largest absolute Gasteiger partial charge is 0.512 e. The smallest absolute Gasteiger partial charge is 0.164 e. The van der Waals surface area contributed by atoms with Crippen molar-refractivity contribution in [2.75, 3.05) is 0 Å². The maximum absolute atomic E-state index is 14.4. The van der Waals surface area contributed by atoms with Gasteiger partial charge in [0.2, 0.25) is 0 Å². The van der Waals surface area contributed by atoms with Crippen molar-refractivity contribution in [1.82, 2.24) is 4.98 Å². The minimum Gasteiger partial charge on any atom is -0.512 e. The Balaban J connectivity index is 0.000000256. The summed E-state index contributed by atoms with van der Waals surface area (Å²) in [7, 11) is 0. The van der Waals surface area contributed by atoms with Crippen molar-refractivity contribution < 1.29 is 38.8 Å². The van der Waals surface area contributed by atoms with Crippen LogP contribution in [0, 0.1) is 28.5 Å². The molecule has 0 spiro atoms. The third-order valence-corrected chi connectivity index (χ3v) is 8.84. The van der Waals surface area contributed by atoms with Crippen LogP contribution in [0.15, 0.2) is 72.6 Å². The Morgan fingerprint density at radius 2 is 1.43 bits per heavy atom. The fourth-order valence-corrected chi connectivity index (χ4v) is 6.24. The van der Waals surface area contributed by atoms with Gasteiger partial charge >= 0.3 is 0 Å². The minimum atomic E-state index is -0.569. The topological polar surface area (TPSA) is 50.2 Å². The first-order chi connectivity index (χ1) is 21.2. The Labute approximate surface area is 283 Å². The molecule has 0 saturated carbocycles. The average Bonchev–Trinajstić information content (AvgIpc) is 2.98. The van der Waals surface area contributed by atoms with E-state index in [1.54, 1.807) is 12.3 Å². The molecule has 2 aliphatic carbocycles. The number of carbonyl (C=O) groups is 1. The summed E-state index contributed by atoms with van der Waals surface area (Å²) in [5.41, 5.74) is 9.29. The molecule has 0 aliphatic heterocycles. The molecule has 4 aromatic carbocycles. The van der Waals surface area contributed by atoms with E-state index in [0.717, 1.165) is 53.8 Å². The van der Waals surface area contributed by atoms with Crippen LogP contribution in [0.5, 0.6) is 0 Å². The monoisotopic (exact) mass is 795 g/mol. The first-order valence-electron chi connectivity index (χ1n) is 15.5. The van der Waals surface area contributed by atoms with Gasteiger partial charge in [-0.25, -0.2) is 8.78 Å². The predicted octanol–water partition coefficient (Wildman–Crippen LogP) is 10.1. The molecule has 1 radical (unpaired) electrons. The van der Waals surface area contributed by atoms with Crippen LogP contribution < -0.4 is 0 Å². The zero-order valence-electron chi connectivity index (χ0n) is 27.1. The molecule has 0 bridgehead atoms. The number of hydrogen-bond acceptors (Lipinski definition) is 3. The van der Waals surface area contributed by atoms with Crippen molar-refractivity contribution >= 4 is 27.3 Å². The Morgan fingerprint density at radius 1 is 0.783 bits per heavy atom. The molecule has 0 saturated heterocycles. The number of allylic oxidation sites excluding steroid dienone is 2. The molecule has 1 aromatic heterocycles. The molecule has 1 N–H and O–H groups in total. The molecule has 0 fully saturated rings. The molecule has 7 rings (SSSR count). The van der Waals surface area contributed by atoms with E-state index in [1.165, 1.54) is 45.5 Å². The molecular formula is C40H38F2IrNO2-. The second-order valence-electron chi connectivity index (χ2n) is 14.2. The standard InChI is InChI=1S/C29H18F2N.C11H20O2.Ir/c30-21-14-25-22-10-11-32-29(24(22)9-8-23(25)26(31)15-21)20-12-18-6-4-16-2-1-3-17-5-7-19(13-20)28(18)27(16)17;1-10(2,3)8(12)7-9(13)11(4,5)6;/h1-3,8-12,14-15H,4-7H2;7,12H,1-6H3;/q-1;;/b;8-7-;. The van der Waals surface area contributed by atoms with Crippen LogP contribution in [0.25, 0.3) is 43.9 Å². The van der Waals surface area contributed by atoms with Gasteiger partial charge in [-0.2, -0.15) is 0 Å². The van der Waals surface area contributed by atoms with E-state index in [2.05, 4.69) is 30.3 Å². The number of hydrogen-bond donors (Lipinski definition) is 1. The summed E-state index contributed by atoms with van der Waals surface area (Å²) in [6, 6.07) is 20.4. The van der Waals surface area contributed by atoms with Crippen molar-refractivity contribution in [3.8, 4) is 22.4 Å². The molecule has 0 atom stereocenters. The Hall–Kier alpha value is -3.73. The average molecular weight is 795 g/mol. The van der Waals surface area contributed by atoms with Gasteiger partial charge in [-0.1, -0.05) is 83.0 Å². The number of halogens is 2. The quantitative estimate of drug-likeness (QED) is 0.0838. The van der Waals surface area contributed by atoms with Crippen LogP contribution in [0.1, 0.15) is 63.8 Å². The number of pyridine rings is 1. The SMILES string of the molecule is CC(C)(C)C(=O)/C=C(\O)C(C)(C)C.Fc1cc(F)c2ccc3c(-c4[c-]c5c6c(c4)CCc4cccc(c4-6)CC5)nccc3c2c1.[Ir]. The second-order valence-corrected chi connectivity index (χ2v) is 14.2. The summed E-state index contributed by atoms with van der Waals surface area (Å²) in [6.45, 7) is 11.1. The fourth-order valence-electron chi connectivity index (χ4n) is 6.24. The van der Waals surface area contributed by atoms with Gasteiger partial charge in [-0.3, -0.25) is 4.79 Å². The maximum atomic E-state index is 14.4. The predicted molar refractivity (Wildman–Crippen MR) is 178 cm³/mol. The van der Waals surface area contributed by atoms with Gasteiger partial charge in [0.15, 0.2) is 5.78 Å². The number of ketones is 1.